The van der Waals surface area contributed by atoms with Gasteiger partial charge in [0, 0.05) is 35.7 Å². The lowest BCUT2D eigenvalue weighted by Crippen LogP contribution is -2.45. The number of carbonyl (C=O) groups is 3. The van der Waals surface area contributed by atoms with Gasteiger partial charge < -0.3 is 20.1 Å². The van der Waals surface area contributed by atoms with E-state index in [0.29, 0.717) is 48.1 Å². The van der Waals surface area contributed by atoms with Crippen LogP contribution < -0.4 is 15.4 Å². The molecule has 214 valence electrons. The third-order valence-corrected chi connectivity index (χ3v) is 8.03. The van der Waals surface area contributed by atoms with Crippen LogP contribution >= 0.6 is 0 Å². The number of nitrogens with one attached hydrogen (secondary N) is 2. The van der Waals surface area contributed by atoms with Crippen LogP contribution in [-0.4, -0.2) is 49.9 Å². The molecule has 2 aliphatic rings. The third-order valence-electron chi connectivity index (χ3n) is 8.03. The number of Topliss-reactive ketones (excluding diaryl/α,β-unsaturated/α-hetero) is 1. The molecule has 7 heteroatoms. The minimum absolute atomic E-state index is 0.0258. The molecule has 41 heavy (non-hydrogen) atoms. The van der Waals surface area contributed by atoms with Gasteiger partial charge in [0.25, 0.3) is 0 Å². The van der Waals surface area contributed by atoms with E-state index in [9.17, 15) is 14.4 Å². The lowest BCUT2D eigenvalue weighted by Gasteiger charge is -2.29. The molecule has 0 aliphatic heterocycles. The Morgan fingerprint density at radius 2 is 1.59 bits per heavy atom. The van der Waals surface area contributed by atoms with Crippen LogP contribution in [0.3, 0.4) is 0 Å². The van der Waals surface area contributed by atoms with Crippen molar-refractivity contribution in [1.29, 1.82) is 0 Å². The van der Waals surface area contributed by atoms with E-state index in [1.807, 2.05) is 48.5 Å². The van der Waals surface area contributed by atoms with Crippen molar-refractivity contribution in [3.8, 4) is 5.75 Å². The van der Waals surface area contributed by atoms with E-state index in [1.165, 1.54) is 13.5 Å². The van der Waals surface area contributed by atoms with Gasteiger partial charge in [-0.2, -0.15) is 0 Å². The number of carbonyl (C=O) groups excluding carboxylic acids is 3. The highest BCUT2D eigenvalue weighted by Crippen LogP contribution is 2.37. The molecule has 3 aromatic rings. The Morgan fingerprint density at radius 1 is 0.878 bits per heavy atom. The average molecular weight is 555 g/mol. The summed E-state index contributed by atoms with van der Waals surface area (Å²) >= 11 is 0. The molecule has 2 aliphatic carbocycles. The average Bonchev–Trinajstić information content (AvgIpc) is 3.82. The van der Waals surface area contributed by atoms with Gasteiger partial charge in [-0.05, 0) is 61.4 Å². The number of benzene rings is 3. The summed E-state index contributed by atoms with van der Waals surface area (Å²) in [5, 5.41) is 6.69. The zero-order valence-corrected chi connectivity index (χ0v) is 23.5. The SMILES string of the molecule is COC(=O)[C@H](Cc1ccc(OCCNC(C(=O)C2CCC2)C2CC2)cc1)Nc1ccccc1C(=O)c1ccccc1. The van der Waals surface area contributed by atoms with Crippen molar-refractivity contribution in [1.82, 2.24) is 5.32 Å². The largest absolute Gasteiger partial charge is 0.492 e. The Morgan fingerprint density at radius 3 is 2.24 bits per heavy atom. The number of esters is 1. The summed E-state index contributed by atoms with van der Waals surface area (Å²) in [6, 6.07) is 23.2. The molecule has 2 N–H and O–H groups in total. The number of methoxy groups -OCH3 is 1. The fourth-order valence-corrected chi connectivity index (χ4v) is 5.29. The predicted molar refractivity (Wildman–Crippen MR) is 158 cm³/mol. The molecule has 0 amide bonds. The fraction of sp³-hybridized carbons (Fsp3) is 0.382. The maximum Gasteiger partial charge on any atom is 0.328 e. The van der Waals surface area contributed by atoms with Crippen molar-refractivity contribution in [2.45, 2.75) is 50.6 Å². The highest BCUT2D eigenvalue weighted by Gasteiger charge is 2.40. The quantitative estimate of drug-likeness (QED) is 0.151. The summed E-state index contributed by atoms with van der Waals surface area (Å²) in [5.74, 6) is 1.32. The minimum atomic E-state index is -0.687. The lowest BCUT2D eigenvalue weighted by atomic mass is 9.79. The summed E-state index contributed by atoms with van der Waals surface area (Å²) in [7, 11) is 1.36. The molecule has 0 spiro atoms. The number of ketones is 2. The van der Waals surface area contributed by atoms with Crippen molar-refractivity contribution in [2.75, 3.05) is 25.6 Å². The molecule has 2 saturated carbocycles. The van der Waals surface area contributed by atoms with Gasteiger partial charge in [0.05, 0.1) is 13.2 Å². The van der Waals surface area contributed by atoms with Crippen LogP contribution in [0, 0.1) is 11.8 Å². The second-order valence-electron chi connectivity index (χ2n) is 11.0. The van der Waals surface area contributed by atoms with Gasteiger partial charge in [0.2, 0.25) is 0 Å². The first kappa shape index (κ1) is 28.6. The second-order valence-corrected chi connectivity index (χ2v) is 11.0. The number of ether oxygens (including phenoxy) is 2. The highest BCUT2D eigenvalue weighted by molar-refractivity contribution is 6.12. The van der Waals surface area contributed by atoms with Gasteiger partial charge in [-0.15, -0.1) is 0 Å². The van der Waals surface area contributed by atoms with Gasteiger partial charge >= 0.3 is 5.97 Å². The number of hydrogen-bond donors (Lipinski definition) is 2. The van der Waals surface area contributed by atoms with Gasteiger partial charge in [-0.3, -0.25) is 9.59 Å². The number of rotatable bonds is 15. The maximum atomic E-state index is 13.2. The topological polar surface area (TPSA) is 93.7 Å². The van der Waals surface area contributed by atoms with Gasteiger partial charge in [-0.1, -0.05) is 61.0 Å². The molecular weight excluding hydrogens is 516 g/mol. The monoisotopic (exact) mass is 554 g/mol. The van der Waals surface area contributed by atoms with Crippen molar-refractivity contribution in [2.24, 2.45) is 11.8 Å². The van der Waals surface area contributed by atoms with E-state index in [4.69, 9.17) is 9.47 Å². The lowest BCUT2D eigenvalue weighted by molar-refractivity contribution is -0.141. The van der Waals surface area contributed by atoms with E-state index >= 15 is 0 Å². The van der Waals surface area contributed by atoms with E-state index < -0.39 is 12.0 Å². The van der Waals surface area contributed by atoms with Crippen LogP contribution in [0.5, 0.6) is 5.75 Å². The normalized spacial score (nSPS) is 16.2. The molecule has 2 atom stereocenters. The van der Waals surface area contributed by atoms with Crippen LogP contribution in [0.2, 0.25) is 0 Å². The van der Waals surface area contributed by atoms with E-state index in [0.717, 1.165) is 37.0 Å². The third kappa shape index (κ3) is 7.41. The Balaban J connectivity index is 1.16. The Kier molecular flexibility index (Phi) is 9.47. The molecule has 0 bridgehead atoms. The summed E-state index contributed by atoms with van der Waals surface area (Å²) in [5.41, 5.74) is 2.56. The molecular formula is C34H38N2O5. The maximum absolute atomic E-state index is 13.2. The zero-order chi connectivity index (χ0) is 28.6. The summed E-state index contributed by atoms with van der Waals surface area (Å²) in [6.45, 7) is 1.09. The Labute approximate surface area is 241 Å². The van der Waals surface area contributed by atoms with Crippen molar-refractivity contribution < 1.29 is 23.9 Å². The van der Waals surface area contributed by atoms with E-state index in [-0.39, 0.29) is 17.7 Å². The molecule has 0 saturated heterocycles. The first-order chi connectivity index (χ1) is 20.0. The minimum Gasteiger partial charge on any atom is -0.492 e. The van der Waals surface area contributed by atoms with Gasteiger partial charge in [0.1, 0.15) is 18.4 Å². The number of hydrogen-bond acceptors (Lipinski definition) is 7. The standard InChI is InChI=1S/C34H38N2O5/c1-40-34(39)30(36-29-13-6-5-12-28(29)32(37)25-8-3-2-4-9-25)22-23-14-18-27(19-15-23)41-21-20-35-31(24-16-17-24)33(38)26-10-7-11-26/h2-6,8-9,12-15,18-19,24,26,30-31,35-36H,7,10-11,16-17,20-22H2,1H3/t30-,31?/m0/s1. The summed E-state index contributed by atoms with van der Waals surface area (Å²) < 4.78 is 11.0. The molecule has 2 fully saturated rings. The number of anilines is 1. The fourth-order valence-electron chi connectivity index (χ4n) is 5.29. The van der Waals surface area contributed by atoms with Crippen LogP contribution in [0.4, 0.5) is 5.69 Å². The first-order valence-electron chi connectivity index (χ1n) is 14.6. The van der Waals surface area contributed by atoms with Crippen molar-refractivity contribution in [3.05, 3.63) is 95.6 Å². The van der Waals surface area contributed by atoms with Crippen LogP contribution in [0.15, 0.2) is 78.9 Å². The van der Waals surface area contributed by atoms with Crippen molar-refractivity contribution >= 4 is 23.2 Å². The highest BCUT2D eigenvalue weighted by atomic mass is 16.5. The van der Waals surface area contributed by atoms with E-state index in [2.05, 4.69) is 10.6 Å². The van der Waals surface area contributed by atoms with Crippen LogP contribution in [-0.2, 0) is 20.7 Å². The molecule has 7 nitrogen and oxygen atoms in total. The summed E-state index contributed by atoms with van der Waals surface area (Å²) in [4.78, 5) is 38.6. The van der Waals surface area contributed by atoms with Gasteiger partial charge in [-0.25, -0.2) is 4.79 Å². The van der Waals surface area contributed by atoms with E-state index in [1.54, 1.807) is 30.3 Å². The van der Waals surface area contributed by atoms with Crippen molar-refractivity contribution in [3.63, 3.8) is 0 Å². The molecule has 0 radical (unpaired) electrons. The molecule has 0 heterocycles. The predicted octanol–water partition coefficient (Wildman–Crippen LogP) is 5.23. The Hall–Kier alpha value is -3.97. The summed E-state index contributed by atoms with van der Waals surface area (Å²) in [6.07, 6.45) is 5.89. The molecule has 0 aromatic heterocycles. The molecule has 1 unspecified atom stereocenters. The van der Waals surface area contributed by atoms with Gasteiger partial charge in [0.15, 0.2) is 11.6 Å². The van der Waals surface area contributed by atoms with Crippen LogP contribution in [0.1, 0.15) is 53.6 Å². The second kappa shape index (κ2) is 13.6. The Bertz CT molecular complexity index is 1330. The zero-order valence-electron chi connectivity index (χ0n) is 23.5. The number of para-hydroxylation sites is 1. The first-order valence-corrected chi connectivity index (χ1v) is 14.6. The van der Waals surface area contributed by atoms with Crippen LogP contribution in [0.25, 0.3) is 0 Å². The smallest absolute Gasteiger partial charge is 0.328 e. The molecule has 5 rings (SSSR count). The molecule has 3 aromatic carbocycles.